The molecule has 5 aromatic rings. The minimum atomic E-state index is -0.350. The van der Waals surface area contributed by atoms with E-state index in [4.69, 9.17) is 9.97 Å². The summed E-state index contributed by atoms with van der Waals surface area (Å²) >= 11 is 1.55. The molecule has 0 saturated heterocycles. The van der Waals surface area contributed by atoms with Gasteiger partial charge in [-0.15, -0.1) is 0 Å². The zero-order valence-corrected chi connectivity index (χ0v) is 19.8. The number of rotatable bonds is 9. The number of benzene rings is 1. The first-order chi connectivity index (χ1) is 16.6. The van der Waals surface area contributed by atoms with Gasteiger partial charge in [-0.1, -0.05) is 24.3 Å². The van der Waals surface area contributed by atoms with E-state index < -0.39 is 0 Å². The van der Waals surface area contributed by atoms with Crippen molar-refractivity contribution < 1.29 is 4.39 Å². The quantitative estimate of drug-likeness (QED) is 0.272. The summed E-state index contributed by atoms with van der Waals surface area (Å²) in [5, 5.41) is 7.62. The van der Waals surface area contributed by atoms with Gasteiger partial charge in [-0.05, 0) is 36.8 Å². The number of thiazole rings is 1. The van der Waals surface area contributed by atoms with Crippen LogP contribution < -0.4 is 10.6 Å². The Morgan fingerprint density at radius 1 is 1.15 bits per heavy atom. The predicted molar refractivity (Wildman–Crippen MR) is 133 cm³/mol. The highest BCUT2D eigenvalue weighted by Crippen LogP contribution is 2.25. The topological polar surface area (TPSA) is 104 Å². The number of hydrogen-bond donors (Lipinski definition) is 3. The molecule has 174 valence electrons. The van der Waals surface area contributed by atoms with E-state index in [2.05, 4.69) is 62.6 Å². The predicted octanol–water partition coefficient (Wildman–Crippen LogP) is 4.35. The highest BCUT2D eigenvalue weighted by atomic mass is 32.1. The maximum absolute atomic E-state index is 13.9. The fraction of sp³-hybridized carbons (Fsp3) is 0.292. The lowest BCUT2D eigenvalue weighted by Crippen LogP contribution is -2.23. The minimum absolute atomic E-state index is 0.229. The van der Waals surface area contributed by atoms with Crippen molar-refractivity contribution in [3.63, 3.8) is 0 Å². The standard InChI is InChI=1S/C24H25FN8S/c1-14-5-6-17-18(10-14)32-22(31-17)15(2)11-26-9-7-20-33-21-23(29-13-30-24(21)34-20)28-12-19-16(25)4-3-8-27-19/h3-6,8,10,13,15,26H,7,9,11-12H2,1-2H3,(H,31,32)(H,28,29,30)/t15-/m0/s1. The molecule has 3 N–H and O–H groups in total. The summed E-state index contributed by atoms with van der Waals surface area (Å²) < 4.78 is 13.9. The fourth-order valence-corrected chi connectivity index (χ4v) is 4.64. The minimum Gasteiger partial charge on any atom is -0.362 e. The third kappa shape index (κ3) is 4.87. The van der Waals surface area contributed by atoms with Crippen LogP contribution >= 0.6 is 11.3 Å². The SMILES string of the molecule is Cc1ccc2nc([C@@H](C)CNCCc3nc4c(NCc5ncccc5F)ncnc4s3)[nH]c2c1. The van der Waals surface area contributed by atoms with Gasteiger partial charge >= 0.3 is 0 Å². The summed E-state index contributed by atoms with van der Waals surface area (Å²) in [5.74, 6) is 1.48. The lowest BCUT2D eigenvalue weighted by atomic mass is 10.1. The molecule has 0 unspecified atom stereocenters. The van der Waals surface area contributed by atoms with E-state index in [0.29, 0.717) is 17.0 Å². The molecule has 1 aromatic carbocycles. The van der Waals surface area contributed by atoms with E-state index in [0.717, 1.165) is 46.2 Å². The smallest absolute Gasteiger partial charge is 0.157 e. The maximum atomic E-state index is 13.9. The van der Waals surface area contributed by atoms with Gasteiger partial charge in [-0.3, -0.25) is 4.98 Å². The first-order valence-corrected chi connectivity index (χ1v) is 12.0. The number of aromatic nitrogens is 6. The number of aromatic amines is 1. The second-order valence-electron chi connectivity index (χ2n) is 8.27. The molecule has 1 atom stereocenters. The number of hydrogen-bond acceptors (Lipinski definition) is 8. The third-order valence-corrected chi connectivity index (χ3v) is 6.61. The van der Waals surface area contributed by atoms with Crippen LogP contribution in [0.3, 0.4) is 0 Å². The molecule has 5 rings (SSSR count). The van der Waals surface area contributed by atoms with Crippen LogP contribution in [0.25, 0.3) is 21.4 Å². The number of halogens is 1. The summed E-state index contributed by atoms with van der Waals surface area (Å²) in [7, 11) is 0. The lowest BCUT2D eigenvalue weighted by Gasteiger charge is -2.09. The third-order valence-electron chi connectivity index (χ3n) is 5.59. The molecular formula is C24H25FN8S. The number of anilines is 1. The number of fused-ring (bicyclic) bond motifs is 2. The van der Waals surface area contributed by atoms with Gasteiger partial charge in [-0.25, -0.2) is 24.3 Å². The second-order valence-corrected chi connectivity index (χ2v) is 9.33. The summed E-state index contributed by atoms with van der Waals surface area (Å²) in [6, 6.07) is 9.22. The van der Waals surface area contributed by atoms with Crippen molar-refractivity contribution in [2.75, 3.05) is 18.4 Å². The van der Waals surface area contributed by atoms with Crippen LogP contribution in [0.5, 0.6) is 0 Å². The molecule has 10 heteroatoms. The van der Waals surface area contributed by atoms with E-state index >= 15 is 0 Å². The summed E-state index contributed by atoms with van der Waals surface area (Å²) in [4.78, 5) is 26.4. The van der Waals surface area contributed by atoms with E-state index in [9.17, 15) is 4.39 Å². The summed E-state index contributed by atoms with van der Waals surface area (Å²) in [6.45, 7) is 6.07. The number of pyridine rings is 1. The molecular weight excluding hydrogens is 451 g/mol. The Hall–Kier alpha value is -3.50. The van der Waals surface area contributed by atoms with Gasteiger partial charge in [0.2, 0.25) is 0 Å². The van der Waals surface area contributed by atoms with E-state index in [1.807, 2.05) is 0 Å². The monoisotopic (exact) mass is 476 g/mol. The summed E-state index contributed by atoms with van der Waals surface area (Å²) in [5.41, 5.74) is 4.33. The Morgan fingerprint density at radius 2 is 2.06 bits per heavy atom. The van der Waals surface area contributed by atoms with Crippen molar-refractivity contribution in [2.24, 2.45) is 0 Å². The Labute approximate surface area is 200 Å². The highest BCUT2D eigenvalue weighted by molar-refractivity contribution is 7.18. The first kappa shape index (κ1) is 22.3. The fourth-order valence-electron chi connectivity index (χ4n) is 3.74. The lowest BCUT2D eigenvalue weighted by molar-refractivity contribution is 0.597. The van der Waals surface area contributed by atoms with E-state index in [1.165, 1.54) is 18.0 Å². The van der Waals surface area contributed by atoms with Crippen molar-refractivity contribution >= 4 is 38.5 Å². The zero-order valence-electron chi connectivity index (χ0n) is 19.0. The van der Waals surface area contributed by atoms with Crippen molar-refractivity contribution in [3.8, 4) is 0 Å². The van der Waals surface area contributed by atoms with E-state index in [1.54, 1.807) is 23.6 Å². The Kier molecular flexibility index (Phi) is 6.41. The molecule has 4 aromatic heterocycles. The van der Waals surface area contributed by atoms with Crippen LogP contribution in [0.2, 0.25) is 0 Å². The number of nitrogens with one attached hydrogen (secondary N) is 3. The number of nitrogens with zero attached hydrogens (tertiary/aromatic N) is 5. The normalized spacial score (nSPS) is 12.4. The molecule has 0 radical (unpaired) electrons. The molecule has 0 aliphatic heterocycles. The Bertz CT molecular complexity index is 1430. The van der Waals surface area contributed by atoms with Crippen LogP contribution in [0.1, 0.15) is 34.9 Å². The molecule has 0 amide bonds. The molecule has 8 nitrogen and oxygen atoms in total. The van der Waals surface area contributed by atoms with Gasteiger partial charge in [0.25, 0.3) is 0 Å². The largest absolute Gasteiger partial charge is 0.362 e. The van der Waals surface area contributed by atoms with Gasteiger partial charge < -0.3 is 15.6 Å². The van der Waals surface area contributed by atoms with Crippen molar-refractivity contribution in [3.05, 3.63) is 70.8 Å². The van der Waals surface area contributed by atoms with Crippen LogP contribution in [0, 0.1) is 12.7 Å². The molecule has 0 saturated carbocycles. The summed E-state index contributed by atoms with van der Waals surface area (Å²) in [6.07, 6.45) is 3.84. The molecule has 0 aliphatic rings. The van der Waals surface area contributed by atoms with Gasteiger partial charge in [0.1, 0.15) is 28.3 Å². The Balaban J connectivity index is 1.17. The molecule has 0 aliphatic carbocycles. The number of imidazole rings is 1. The van der Waals surface area contributed by atoms with E-state index in [-0.39, 0.29) is 18.3 Å². The second kappa shape index (κ2) is 9.78. The van der Waals surface area contributed by atoms with Crippen LogP contribution in [-0.4, -0.2) is 43.0 Å². The van der Waals surface area contributed by atoms with Crippen LogP contribution in [-0.2, 0) is 13.0 Å². The molecule has 0 spiro atoms. The molecule has 4 heterocycles. The van der Waals surface area contributed by atoms with Gasteiger partial charge in [0, 0.05) is 31.6 Å². The van der Waals surface area contributed by atoms with Crippen LogP contribution in [0.4, 0.5) is 10.2 Å². The number of aryl methyl sites for hydroxylation is 1. The molecule has 34 heavy (non-hydrogen) atoms. The Morgan fingerprint density at radius 3 is 2.94 bits per heavy atom. The average molecular weight is 477 g/mol. The highest BCUT2D eigenvalue weighted by Gasteiger charge is 2.13. The van der Waals surface area contributed by atoms with Gasteiger partial charge in [-0.2, -0.15) is 0 Å². The van der Waals surface area contributed by atoms with Crippen molar-refractivity contribution in [1.29, 1.82) is 0 Å². The molecule has 0 bridgehead atoms. The average Bonchev–Trinajstić information content (AvgIpc) is 3.45. The van der Waals surface area contributed by atoms with Gasteiger partial charge in [0.15, 0.2) is 5.82 Å². The zero-order chi connectivity index (χ0) is 23.5. The van der Waals surface area contributed by atoms with Gasteiger partial charge in [0.05, 0.1) is 28.3 Å². The van der Waals surface area contributed by atoms with Crippen molar-refractivity contribution in [2.45, 2.75) is 32.7 Å². The van der Waals surface area contributed by atoms with Crippen molar-refractivity contribution in [1.82, 2.24) is 35.2 Å². The first-order valence-electron chi connectivity index (χ1n) is 11.2. The maximum Gasteiger partial charge on any atom is 0.157 e. The number of H-pyrrole nitrogens is 1. The molecule has 0 fully saturated rings. The van der Waals surface area contributed by atoms with Crippen LogP contribution in [0.15, 0.2) is 42.9 Å².